The molecule has 2 N–H and O–H groups in total. The summed E-state index contributed by atoms with van der Waals surface area (Å²) in [5.74, 6) is -0.458. The van der Waals surface area contributed by atoms with Crippen molar-refractivity contribution < 1.29 is 9.90 Å². The number of carbonyl (C=O) groups is 1. The number of hydrogen-bond donors (Lipinski definition) is 2. The molecule has 0 fully saturated rings. The van der Waals surface area contributed by atoms with Crippen LogP contribution >= 0.6 is 34.8 Å². The van der Waals surface area contributed by atoms with E-state index < -0.39 is 12.0 Å². The molecule has 1 unspecified atom stereocenters. The zero-order valence-electron chi connectivity index (χ0n) is 9.88. The molecule has 18 heavy (non-hydrogen) atoms. The predicted octanol–water partition coefficient (Wildman–Crippen LogP) is 2.79. The molecule has 0 bridgehead atoms. The number of nitrogens with one attached hydrogen (secondary N) is 1. The molecule has 0 aliphatic carbocycles. The Hall–Kier alpha value is -0.550. The van der Waals surface area contributed by atoms with Crippen LogP contribution in [0.2, 0.25) is 15.1 Å². The van der Waals surface area contributed by atoms with Gasteiger partial charge < -0.3 is 10.4 Å². The van der Waals surface area contributed by atoms with E-state index >= 15 is 0 Å². The first-order valence-corrected chi connectivity index (χ1v) is 6.43. The molecule has 1 aromatic rings. The van der Waals surface area contributed by atoms with Crippen LogP contribution in [0.1, 0.15) is 24.3 Å². The first-order chi connectivity index (χ1) is 8.34. The Kier molecular flexibility index (Phi) is 5.66. The fraction of sp³-hybridized carbons (Fsp3) is 0.455. The molecular formula is C11H13Cl3N2O2. The van der Waals surface area contributed by atoms with E-state index in [2.05, 4.69) is 10.3 Å². The van der Waals surface area contributed by atoms with Gasteiger partial charge in [-0.3, -0.25) is 4.79 Å². The third-order valence-corrected chi connectivity index (χ3v) is 3.61. The van der Waals surface area contributed by atoms with Gasteiger partial charge in [-0.15, -0.1) is 0 Å². The van der Waals surface area contributed by atoms with Gasteiger partial charge in [0.1, 0.15) is 5.69 Å². The Bertz CT molecular complexity index is 452. The number of aromatic nitrogens is 1. The topological polar surface area (TPSA) is 62.2 Å². The third-order valence-electron chi connectivity index (χ3n) is 2.37. The molecule has 4 nitrogen and oxygen atoms in total. The minimum atomic E-state index is -0.629. The van der Waals surface area contributed by atoms with E-state index in [0.29, 0.717) is 0 Å². The van der Waals surface area contributed by atoms with Crippen molar-refractivity contribution in [1.82, 2.24) is 10.3 Å². The molecule has 1 heterocycles. The molecule has 0 aliphatic rings. The largest absolute Gasteiger partial charge is 0.391 e. The van der Waals surface area contributed by atoms with Gasteiger partial charge in [0.05, 0.1) is 21.2 Å². The summed E-state index contributed by atoms with van der Waals surface area (Å²) < 4.78 is 0. The van der Waals surface area contributed by atoms with Crippen LogP contribution in [0.5, 0.6) is 0 Å². The van der Waals surface area contributed by atoms with Crippen LogP contribution in [-0.4, -0.2) is 28.6 Å². The van der Waals surface area contributed by atoms with Crippen LogP contribution in [-0.2, 0) is 0 Å². The SMILES string of the molecule is CC(C)C(O)CNC(=O)c1ncc(Cl)c(Cl)c1Cl. The first kappa shape index (κ1) is 15.5. The molecule has 0 spiro atoms. The van der Waals surface area contributed by atoms with Crippen LogP contribution in [0.25, 0.3) is 0 Å². The normalized spacial score (nSPS) is 12.6. The Morgan fingerprint density at radius 1 is 1.39 bits per heavy atom. The Labute approximate surface area is 120 Å². The zero-order valence-corrected chi connectivity index (χ0v) is 12.1. The van der Waals surface area contributed by atoms with Gasteiger partial charge in [-0.1, -0.05) is 48.7 Å². The number of aliphatic hydroxyl groups is 1. The fourth-order valence-electron chi connectivity index (χ4n) is 1.12. The first-order valence-electron chi connectivity index (χ1n) is 5.30. The lowest BCUT2D eigenvalue weighted by Crippen LogP contribution is -2.35. The molecule has 0 saturated carbocycles. The Morgan fingerprint density at radius 2 is 2.00 bits per heavy atom. The van der Waals surface area contributed by atoms with Crippen molar-refractivity contribution in [3.63, 3.8) is 0 Å². The van der Waals surface area contributed by atoms with Gasteiger partial charge in [0.2, 0.25) is 0 Å². The molecule has 1 amide bonds. The summed E-state index contributed by atoms with van der Waals surface area (Å²) in [6.45, 7) is 3.82. The predicted molar refractivity (Wildman–Crippen MR) is 72.4 cm³/mol. The van der Waals surface area contributed by atoms with Crippen LogP contribution in [0.15, 0.2) is 6.20 Å². The summed E-state index contributed by atoms with van der Waals surface area (Å²) in [5.41, 5.74) is -0.0120. The molecule has 1 aromatic heterocycles. The van der Waals surface area contributed by atoms with E-state index in [4.69, 9.17) is 34.8 Å². The van der Waals surface area contributed by atoms with Crippen LogP contribution in [0.4, 0.5) is 0 Å². The maximum Gasteiger partial charge on any atom is 0.271 e. The minimum absolute atomic E-state index is 0.000651. The molecule has 100 valence electrons. The quantitative estimate of drug-likeness (QED) is 0.899. The van der Waals surface area contributed by atoms with Crippen molar-refractivity contribution in [1.29, 1.82) is 0 Å². The van der Waals surface area contributed by atoms with Gasteiger partial charge >= 0.3 is 0 Å². The minimum Gasteiger partial charge on any atom is -0.391 e. The number of hydrogen-bond acceptors (Lipinski definition) is 3. The zero-order chi connectivity index (χ0) is 13.9. The molecular weight excluding hydrogens is 298 g/mol. The van der Waals surface area contributed by atoms with Crippen molar-refractivity contribution in [2.45, 2.75) is 20.0 Å². The van der Waals surface area contributed by atoms with E-state index in [1.54, 1.807) is 0 Å². The lowest BCUT2D eigenvalue weighted by molar-refractivity contribution is 0.0867. The third kappa shape index (κ3) is 3.72. The Balaban J connectivity index is 2.77. The van der Waals surface area contributed by atoms with Crippen LogP contribution in [0, 0.1) is 5.92 Å². The van der Waals surface area contributed by atoms with Crippen LogP contribution in [0.3, 0.4) is 0 Å². The Morgan fingerprint density at radius 3 is 2.56 bits per heavy atom. The number of rotatable bonds is 4. The number of halogens is 3. The second kappa shape index (κ2) is 6.57. The number of pyridine rings is 1. The van der Waals surface area contributed by atoms with Gasteiger partial charge in [-0.05, 0) is 5.92 Å². The van der Waals surface area contributed by atoms with Crippen molar-refractivity contribution in [2.75, 3.05) is 6.54 Å². The lowest BCUT2D eigenvalue weighted by atomic mass is 10.1. The highest BCUT2D eigenvalue weighted by molar-refractivity contribution is 6.48. The van der Waals surface area contributed by atoms with Gasteiger partial charge in [-0.2, -0.15) is 0 Å². The van der Waals surface area contributed by atoms with E-state index in [1.807, 2.05) is 13.8 Å². The molecule has 7 heteroatoms. The number of amides is 1. The summed E-state index contributed by atoms with van der Waals surface area (Å²) in [7, 11) is 0. The second-order valence-electron chi connectivity index (χ2n) is 4.10. The number of aliphatic hydroxyl groups excluding tert-OH is 1. The van der Waals surface area contributed by atoms with Crippen molar-refractivity contribution in [3.05, 3.63) is 27.0 Å². The molecule has 0 radical (unpaired) electrons. The summed E-state index contributed by atoms with van der Waals surface area (Å²) in [6.07, 6.45) is 0.624. The summed E-state index contributed by atoms with van der Waals surface area (Å²) in [5, 5.41) is 12.4. The number of carbonyl (C=O) groups excluding carboxylic acids is 1. The summed E-state index contributed by atoms with van der Waals surface area (Å²) in [6, 6.07) is 0. The average molecular weight is 312 g/mol. The van der Waals surface area contributed by atoms with E-state index in [0.717, 1.165) is 0 Å². The highest BCUT2D eigenvalue weighted by Gasteiger charge is 2.18. The van der Waals surface area contributed by atoms with E-state index in [1.165, 1.54) is 6.20 Å². The maximum absolute atomic E-state index is 11.8. The van der Waals surface area contributed by atoms with Crippen LogP contribution < -0.4 is 5.32 Å². The average Bonchev–Trinajstić information content (AvgIpc) is 2.32. The molecule has 1 rings (SSSR count). The van der Waals surface area contributed by atoms with E-state index in [-0.39, 0.29) is 33.2 Å². The molecule has 0 aliphatic heterocycles. The monoisotopic (exact) mass is 310 g/mol. The standard InChI is InChI=1S/C11H13Cl3N2O2/c1-5(2)7(17)4-16-11(18)10-9(14)8(13)6(12)3-15-10/h3,5,7,17H,4H2,1-2H3,(H,16,18). The highest BCUT2D eigenvalue weighted by Crippen LogP contribution is 2.30. The highest BCUT2D eigenvalue weighted by atomic mass is 35.5. The van der Waals surface area contributed by atoms with Crippen molar-refractivity contribution in [3.8, 4) is 0 Å². The molecule has 0 aromatic carbocycles. The van der Waals surface area contributed by atoms with Gasteiger partial charge in [0, 0.05) is 12.7 Å². The maximum atomic E-state index is 11.8. The van der Waals surface area contributed by atoms with Gasteiger partial charge in [-0.25, -0.2) is 4.98 Å². The molecule has 0 saturated heterocycles. The lowest BCUT2D eigenvalue weighted by Gasteiger charge is -2.15. The second-order valence-corrected chi connectivity index (χ2v) is 5.27. The summed E-state index contributed by atoms with van der Waals surface area (Å²) in [4.78, 5) is 15.6. The van der Waals surface area contributed by atoms with Gasteiger partial charge in [0.15, 0.2) is 0 Å². The summed E-state index contributed by atoms with van der Waals surface area (Å²) >= 11 is 17.4. The van der Waals surface area contributed by atoms with Crippen molar-refractivity contribution in [2.24, 2.45) is 5.92 Å². The van der Waals surface area contributed by atoms with E-state index in [9.17, 15) is 9.90 Å². The molecule has 1 atom stereocenters. The fourth-order valence-corrected chi connectivity index (χ4v) is 1.68. The van der Waals surface area contributed by atoms with Crippen molar-refractivity contribution >= 4 is 40.7 Å². The smallest absolute Gasteiger partial charge is 0.271 e. The number of nitrogens with zero attached hydrogens (tertiary/aromatic N) is 1. The van der Waals surface area contributed by atoms with Gasteiger partial charge in [0.25, 0.3) is 5.91 Å².